The number of hydrogen-bond acceptors (Lipinski definition) is 7. The van der Waals surface area contributed by atoms with Gasteiger partial charge in [-0.2, -0.15) is 4.98 Å². The van der Waals surface area contributed by atoms with Crippen LogP contribution in [0.5, 0.6) is 5.75 Å². The van der Waals surface area contributed by atoms with Gasteiger partial charge in [0, 0.05) is 11.9 Å². The first-order valence-electron chi connectivity index (χ1n) is 14.3. The number of methoxy groups -OCH3 is 1. The van der Waals surface area contributed by atoms with Crippen molar-refractivity contribution in [2.45, 2.75) is 38.5 Å². The van der Waals surface area contributed by atoms with Crippen LogP contribution in [0.25, 0.3) is 26.9 Å². The van der Waals surface area contributed by atoms with Gasteiger partial charge in [0.05, 0.1) is 28.5 Å². The molecule has 0 aliphatic carbocycles. The lowest BCUT2D eigenvalue weighted by molar-refractivity contribution is -0.111. The minimum atomic E-state index is -0.256. The smallest absolute Gasteiger partial charge is 0.247 e. The van der Waals surface area contributed by atoms with Crippen molar-refractivity contribution < 1.29 is 9.53 Å². The summed E-state index contributed by atoms with van der Waals surface area (Å²) in [6.07, 6.45) is 7.44. The van der Waals surface area contributed by atoms with Gasteiger partial charge in [0.25, 0.3) is 0 Å². The van der Waals surface area contributed by atoms with Crippen LogP contribution in [-0.4, -0.2) is 53.1 Å². The quantitative estimate of drug-likeness (QED) is 0.138. The van der Waals surface area contributed by atoms with Crippen molar-refractivity contribution in [1.82, 2.24) is 19.4 Å². The number of anilines is 3. The molecule has 218 valence electrons. The van der Waals surface area contributed by atoms with Gasteiger partial charge >= 0.3 is 0 Å². The summed E-state index contributed by atoms with van der Waals surface area (Å²) >= 11 is 1.61. The molecular weight excluding hydrogens is 544 g/mol. The Bertz CT molecular complexity index is 1710. The average Bonchev–Trinajstić information content (AvgIpc) is 3.64. The number of aromatic nitrogens is 3. The molecule has 3 heterocycles. The molecular formula is C33H38N6O2S. The number of thiophene rings is 1. The Labute approximate surface area is 251 Å². The van der Waals surface area contributed by atoms with Crippen LogP contribution in [0, 0.1) is 0 Å². The zero-order chi connectivity index (χ0) is 29.6. The van der Waals surface area contributed by atoms with E-state index in [-0.39, 0.29) is 11.8 Å². The molecule has 42 heavy (non-hydrogen) atoms. The van der Waals surface area contributed by atoms with Crippen LogP contribution in [-0.2, 0) is 4.79 Å². The lowest BCUT2D eigenvalue weighted by Gasteiger charge is -2.23. The van der Waals surface area contributed by atoms with Gasteiger partial charge in [-0.1, -0.05) is 38.1 Å². The molecule has 3 aromatic heterocycles. The second kappa shape index (κ2) is 13.2. The monoisotopic (exact) mass is 582 g/mol. The number of carbonyl (C=O) groups excluding carboxylic acids is 1. The Balaban J connectivity index is 1.57. The van der Waals surface area contributed by atoms with Gasteiger partial charge in [-0.25, -0.2) is 4.98 Å². The second-order valence-electron chi connectivity index (χ2n) is 10.6. The van der Waals surface area contributed by atoms with E-state index in [1.54, 1.807) is 18.4 Å². The summed E-state index contributed by atoms with van der Waals surface area (Å²) in [5.41, 5.74) is 4.39. The number of fused-ring (bicyclic) bond motifs is 2. The summed E-state index contributed by atoms with van der Waals surface area (Å²) in [5.74, 6) is 1.92. The second-order valence-corrected chi connectivity index (χ2v) is 11.6. The van der Waals surface area contributed by atoms with E-state index in [4.69, 9.17) is 14.7 Å². The Morgan fingerprint density at radius 1 is 1.14 bits per heavy atom. The Morgan fingerprint density at radius 2 is 1.98 bits per heavy atom. The third-order valence-corrected chi connectivity index (χ3v) is 8.31. The van der Waals surface area contributed by atoms with Crippen molar-refractivity contribution in [2.75, 3.05) is 38.4 Å². The molecule has 0 saturated carbocycles. The molecule has 0 radical (unpaired) electrons. The van der Waals surface area contributed by atoms with Crippen LogP contribution < -0.4 is 15.4 Å². The zero-order valence-electron chi connectivity index (χ0n) is 24.7. The third-order valence-electron chi connectivity index (χ3n) is 7.41. The molecule has 2 aromatic carbocycles. The number of ether oxygens (including phenoxy) is 1. The minimum Gasteiger partial charge on any atom is -0.495 e. The van der Waals surface area contributed by atoms with Crippen LogP contribution in [0.2, 0.25) is 0 Å². The lowest BCUT2D eigenvalue weighted by atomic mass is 9.88. The predicted molar refractivity (Wildman–Crippen MR) is 175 cm³/mol. The molecule has 0 aliphatic heterocycles. The highest BCUT2D eigenvalue weighted by Gasteiger charge is 2.21. The van der Waals surface area contributed by atoms with Crippen molar-refractivity contribution in [1.29, 1.82) is 0 Å². The molecule has 5 rings (SSSR count). The molecule has 8 nitrogen and oxygen atoms in total. The van der Waals surface area contributed by atoms with Gasteiger partial charge in [0.2, 0.25) is 11.9 Å². The summed E-state index contributed by atoms with van der Waals surface area (Å²) in [4.78, 5) is 24.5. The van der Waals surface area contributed by atoms with Crippen molar-refractivity contribution in [3.8, 4) is 11.6 Å². The van der Waals surface area contributed by atoms with Crippen LogP contribution in [0.1, 0.15) is 44.1 Å². The third kappa shape index (κ3) is 6.32. The maximum atomic E-state index is 12.5. The summed E-state index contributed by atoms with van der Waals surface area (Å²) in [7, 11) is 5.84. The van der Waals surface area contributed by atoms with E-state index in [1.807, 2.05) is 41.9 Å². The number of carbonyl (C=O) groups is 1. The van der Waals surface area contributed by atoms with E-state index in [0.29, 0.717) is 17.4 Å². The first-order chi connectivity index (χ1) is 20.4. The van der Waals surface area contributed by atoms with Gasteiger partial charge < -0.3 is 20.3 Å². The van der Waals surface area contributed by atoms with Crippen molar-refractivity contribution in [2.24, 2.45) is 0 Å². The molecule has 1 amide bonds. The van der Waals surface area contributed by atoms with Gasteiger partial charge in [0.1, 0.15) is 5.75 Å². The van der Waals surface area contributed by atoms with Crippen LogP contribution >= 0.6 is 11.3 Å². The number of nitrogens with one attached hydrogen (secondary N) is 2. The molecule has 0 aliphatic rings. The number of para-hydroxylation sites is 1. The van der Waals surface area contributed by atoms with Gasteiger partial charge in [0.15, 0.2) is 5.82 Å². The van der Waals surface area contributed by atoms with E-state index in [9.17, 15) is 4.79 Å². The molecule has 2 N–H and O–H groups in total. The minimum absolute atomic E-state index is 0.256. The summed E-state index contributed by atoms with van der Waals surface area (Å²) < 4.78 is 8.99. The van der Waals surface area contributed by atoms with E-state index < -0.39 is 0 Å². The van der Waals surface area contributed by atoms with E-state index >= 15 is 0 Å². The SMILES string of the molecule is C=CC(=O)Nc1cc(Nc2nc(-n3ccc4ccccc43)c3sccc3n2)c(OC)cc1C(CCC)CCCN(C)C. The molecule has 0 bridgehead atoms. The Kier molecular flexibility index (Phi) is 9.19. The average molecular weight is 583 g/mol. The molecule has 9 heteroatoms. The highest BCUT2D eigenvalue weighted by Crippen LogP contribution is 2.40. The molecule has 5 aromatic rings. The standard InChI is InChI=1S/C33H38N6O2S/c1-6-11-22(13-10-17-38(3)4)24-20-29(41-5)27(21-26(24)34-30(40)7-2)36-33-35-25-16-19-42-31(25)32(37-33)39-18-15-23-12-8-9-14-28(23)39/h7-9,12,14-16,18-22H,2,6,10-11,13,17H2,1,3-5H3,(H,34,40)(H,35,36,37). The number of hydrogen-bond donors (Lipinski definition) is 2. The molecule has 0 spiro atoms. The van der Waals surface area contributed by atoms with Crippen molar-refractivity contribution in [3.05, 3.63) is 78.3 Å². The number of nitrogens with zero attached hydrogens (tertiary/aromatic N) is 4. The number of benzene rings is 2. The highest BCUT2D eigenvalue weighted by atomic mass is 32.1. The summed E-state index contributed by atoms with van der Waals surface area (Å²) in [5, 5.41) is 9.62. The summed E-state index contributed by atoms with van der Waals surface area (Å²) in [6.45, 7) is 6.86. The maximum Gasteiger partial charge on any atom is 0.247 e. The topological polar surface area (TPSA) is 84.3 Å². The highest BCUT2D eigenvalue weighted by molar-refractivity contribution is 7.17. The van der Waals surface area contributed by atoms with Crippen molar-refractivity contribution >= 4 is 55.7 Å². The number of rotatable bonds is 13. The predicted octanol–water partition coefficient (Wildman–Crippen LogP) is 7.74. The largest absolute Gasteiger partial charge is 0.495 e. The summed E-state index contributed by atoms with van der Waals surface area (Å²) in [6, 6.07) is 16.3. The molecule has 0 fully saturated rings. The van der Waals surface area contributed by atoms with Crippen molar-refractivity contribution in [3.63, 3.8) is 0 Å². The van der Waals surface area contributed by atoms with Crippen LogP contribution in [0.4, 0.5) is 17.3 Å². The van der Waals surface area contributed by atoms with Gasteiger partial charge in [-0.05, 0) is 98.6 Å². The van der Waals surface area contributed by atoms with Gasteiger partial charge in [-0.3, -0.25) is 9.36 Å². The molecule has 0 saturated heterocycles. The van der Waals surface area contributed by atoms with Gasteiger partial charge in [-0.15, -0.1) is 11.3 Å². The van der Waals surface area contributed by atoms with E-state index in [0.717, 1.165) is 70.4 Å². The van der Waals surface area contributed by atoms with E-state index in [2.05, 4.69) is 65.9 Å². The maximum absolute atomic E-state index is 12.5. The first kappa shape index (κ1) is 29.3. The van der Waals surface area contributed by atoms with Crippen LogP contribution in [0.15, 0.2) is 72.8 Å². The Hall–Kier alpha value is -4.21. The first-order valence-corrected chi connectivity index (χ1v) is 15.2. The lowest BCUT2D eigenvalue weighted by Crippen LogP contribution is -2.15. The zero-order valence-corrected chi connectivity index (χ0v) is 25.5. The molecule has 1 atom stereocenters. The molecule has 1 unspecified atom stereocenters. The Morgan fingerprint density at radius 3 is 2.74 bits per heavy atom. The fourth-order valence-electron chi connectivity index (χ4n) is 5.40. The number of amides is 1. The fourth-order valence-corrected chi connectivity index (χ4v) is 6.22. The fraction of sp³-hybridized carbons (Fsp3) is 0.303. The normalized spacial score (nSPS) is 12.1. The van der Waals surface area contributed by atoms with Crippen LogP contribution in [0.3, 0.4) is 0 Å². The van der Waals surface area contributed by atoms with E-state index in [1.165, 1.54) is 6.08 Å².